The molecule has 2 heterocycles. The molecule has 1 unspecified atom stereocenters. The van der Waals surface area contributed by atoms with Crippen LogP contribution in [0.25, 0.3) is 0 Å². The van der Waals surface area contributed by atoms with Gasteiger partial charge in [0, 0.05) is 42.1 Å². The number of nitrogens with one attached hydrogen (secondary N) is 1. The lowest BCUT2D eigenvalue weighted by Crippen LogP contribution is -2.45. The minimum absolute atomic E-state index is 0.0905. The second kappa shape index (κ2) is 10.2. The minimum Gasteiger partial charge on any atom is -0.493 e. The number of rotatable bonds is 8. The third-order valence-electron chi connectivity index (χ3n) is 8.41. The maximum absolute atomic E-state index is 12.9. The van der Waals surface area contributed by atoms with Crippen LogP contribution in [0.4, 0.5) is 11.4 Å². The van der Waals surface area contributed by atoms with E-state index in [9.17, 15) is 4.79 Å². The highest BCUT2D eigenvalue weighted by molar-refractivity contribution is 6.04. The molecule has 1 spiro atoms. The van der Waals surface area contributed by atoms with Gasteiger partial charge in [-0.05, 0) is 105 Å². The summed E-state index contributed by atoms with van der Waals surface area (Å²) in [4.78, 5) is 18.1. The average Bonchev–Trinajstić information content (AvgIpc) is 3.54. The van der Waals surface area contributed by atoms with E-state index in [1.54, 1.807) is 0 Å². The van der Waals surface area contributed by atoms with Crippen LogP contribution >= 0.6 is 0 Å². The summed E-state index contributed by atoms with van der Waals surface area (Å²) in [7, 11) is 0. The van der Waals surface area contributed by atoms with Crippen molar-refractivity contribution in [2.24, 2.45) is 5.92 Å². The van der Waals surface area contributed by atoms with Crippen molar-refractivity contribution in [3.8, 4) is 5.75 Å². The van der Waals surface area contributed by atoms with Gasteiger partial charge in [-0.1, -0.05) is 30.3 Å². The zero-order valence-corrected chi connectivity index (χ0v) is 21.8. The van der Waals surface area contributed by atoms with Gasteiger partial charge in [0.15, 0.2) is 0 Å². The van der Waals surface area contributed by atoms with E-state index in [0.29, 0.717) is 11.5 Å². The van der Waals surface area contributed by atoms with E-state index in [0.717, 1.165) is 43.2 Å². The van der Waals surface area contributed by atoms with Crippen molar-refractivity contribution in [3.05, 3.63) is 89.5 Å². The topological polar surface area (TPSA) is 44.8 Å². The van der Waals surface area contributed by atoms with E-state index in [1.807, 2.05) is 24.3 Å². The lowest BCUT2D eigenvalue weighted by atomic mass is 9.94. The van der Waals surface area contributed by atoms with Gasteiger partial charge in [-0.25, -0.2) is 0 Å². The van der Waals surface area contributed by atoms with E-state index in [4.69, 9.17) is 4.74 Å². The van der Waals surface area contributed by atoms with E-state index in [2.05, 4.69) is 70.6 Å². The van der Waals surface area contributed by atoms with Crippen LogP contribution in [0.3, 0.4) is 0 Å². The number of carbonyl (C=O) groups excluding carboxylic acids is 1. The first kappa shape index (κ1) is 24.1. The smallest absolute Gasteiger partial charge is 0.255 e. The zero-order valence-electron chi connectivity index (χ0n) is 21.8. The summed E-state index contributed by atoms with van der Waals surface area (Å²) in [5, 5.41) is 3.10. The van der Waals surface area contributed by atoms with E-state index in [-0.39, 0.29) is 11.4 Å². The first-order chi connectivity index (χ1) is 18.1. The van der Waals surface area contributed by atoms with Crippen LogP contribution in [-0.2, 0) is 6.54 Å². The van der Waals surface area contributed by atoms with Crippen molar-refractivity contribution in [1.29, 1.82) is 0 Å². The monoisotopic (exact) mass is 495 g/mol. The van der Waals surface area contributed by atoms with Crippen molar-refractivity contribution in [1.82, 2.24) is 4.90 Å². The first-order valence-corrected chi connectivity index (χ1v) is 13.8. The van der Waals surface area contributed by atoms with E-state index >= 15 is 0 Å². The number of aryl methyl sites for hydroxylation is 1. The Hall–Kier alpha value is -3.31. The quantitative estimate of drug-likeness (QED) is 0.399. The number of hydrogen-bond donors (Lipinski definition) is 1. The molecule has 5 nitrogen and oxygen atoms in total. The maximum atomic E-state index is 12.9. The fourth-order valence-electron chi connectivity index (χ4n) is 5.96. The molecular formula is C32H37N3O2. The lowest BCUT2D eigenvalue weighted by Gasteiger charge is -2.35. The largest absolute Gasteiger partial charge is 0.493 e. The molecule has 3 aromatic carbocycles. The summed E-state index contributed by atoms with van der Waals surface area (Å²) in [5.41, 5.74) is 5.51. The summed E-state index contributed by atoms with van der Waals surface area (Å²) in [6.07, 6.45) is 6.29. The van der Waals surface area contributed by atoms with Gasteiger partial charge in [0.25, 0.3) is 5.91 Å². The highest BCUT2D eigenvalue weighted by Crippen LogP contribution is 2.40. The molecule has 3 aliphatic rings. The number of benzene rings is 3. The Morgan fingerprint density at radius 1 is 1.00 bits per heavy atom. The number of nitrogens with zero attached hydrogens (tertiary/aromatic N) is 2. The van der Waals surface area contributed by atoms with Crippen LogP contribution < -0.4 is 15.0 Å². The molecule has 1 amide bonds. The SMILES string of the molecule is Cc1cc(N2CCC3(CCCN3Cc3ccccc3)C2)ccc1NC(=O)c1ccc(OCC2CC2)cc1. The summed E-state index contributed by atoms with van der Waals surface area (Å²) in [6, 6.07) is 24.8. The first-order valence-electron chi connectivity index (χ1n) is 13.8. The van der Waals surface area contributed by atoms with Gasteiger partial charge in [-0.2, -0.15) is 0 Å². The number of hydrogen-bond acceptors (Lipinski definition) is 4. The fraction of sp³-hybridized carbons (Fsp3) is 0.406. The molecule has 192 valence electrons. The molecule has 0 aromatic heterocycles. The minimum atomic E-state index is -0.0905. The van der Waals surface area contributed by atoms with Gasteiger partial charge in [0.2, 0.25) is 0 Å². The number of carbonyl (C=O) groups is 1. The van der Waals surface area contributed by atoms with Gasteiger partial charge in [0.1, 0.15) is 5.75 Å². The summed E-state index contributed by atoms with van der Waals surface area (Å²) in [6.45, 7) is 7.22. The molecule has 2 saturated heterocycles. The fourth-order valence-corrected chi connectivity index (χ4v) is 5.96. The van der Waals surface area contributed by atoms with Gasteiger partial charge >= 0.3 is 0 Å². The van der Waals surface area contributed by atoms with Crippen LogP contribution in [-0.4, -0.2) is 42.6 Å². The Morgan fingerprint density at radius 3 is 2.57 bits per heavy atom. The maximum Gasteiger partial charge on any atom is 0.255 e. The molecule has 0 bridgehead atoms. The highest BCUT2D eigenvalue weighted by Gasteiger charge is 2.45. The molecule has 5 heteroatoms. The Labute approximate surface area is 220 Å². The lowest BCUT2D eigenvalue weighted by molar-refractivity contribution is 0.102. The normalized spacial score (nSPS) is 21.5. The molecule has 1 saturated carbocycles. The number of ether oxygens (including phenoxy) is 1. The molecular weight excluding hydrogens is 458 g/mol. The Balaban J connectivity index is 1.08. The summed E-state index contributed by atoms with van der Waals surface area (Å²) >= 11 is 0. The van der Waals surface area contributed by atoms with Gasteiger partial charge in [-0.3, -0.25) is 9.69 Å². The Bertz CT molecular complexity index is 1240. The van der Waals surface area contributed by atoms with Crippen molar-refractivity contribution >= 4 is 17.3 Å². The predicted octanol–water partition coefficient (Wildman–Crippen LogP) is 6.28. The molecule has 1 atom stereocenters. The highest BCUT2D eigenvalue weighted by atomic mass is 16.5. The van der Waals surface area contributed by atoms with Gasteiger partial charge in [-0.15, -0.1) is 0 Å². The predicted molar refractivity (Wildman–Crippen MR) is 149 cm³/mol. The van der Waals surface area contributed by atoms with Crippen LogP contribution in [0, 0.1) is 12.8 Å². The Morgan fingerprint density at radius 2 is 1.81 bits per heavy atom. The summed E-state index contributed by atoms with van der Waals surface area (Å²) < 4.78 is 5.80. The molecule has 1 N–H and O–H groups in total. The second-order valence-corrected chi connectivity index (χ2v) is 11.1. The Kier molecular flexibility index (Phi) is 6.64. The van der Waals surface area contributed by atoms with E-state index in [1.165, 1.54) is 49.9 Å². The molecule has 3 aromatic rings. The standard InChI is InChI=1S/C32H37N3O2/c1-24-20-28(34-19-17-32(23-34)16-5-18-35(32)21-25-6-3-2-4-7-25)12-15-30(24)33-31(36)27-10-13-29(14-11-27)37-22-26-8-9-26/h2-4,6-7,10-15,20,26H,5,8-9,16-19,21-23H2,1H3,(H,33,36). The van der Waals surface area contributed by atoms with Crippen LogP contribution in [0.5, 0.6) is 5.75 Å². The second-order valence-electron chi connectivity index (χ2n) is 11.1. The van der Waals surface area contributed by atoms with Crippen molar-refractivity contribution in [2.75, 3.05) is 36.5 Å². The van der Waals surface area contributed by atoms with Gasteiger partial charge < -0.3 is 15.0 Å². The molecule has 6 rings (SSSR count). The molecule has 37 heavy (non-hydrogen) atoms. The summed E-state index contributed by atoms with van der Waals surface area (Å²) in [5.74, 6) is 1.45. The van der Waals surface area contributed by atoms with E-state index < -0.39 is 0 Å². The van der Waals surface area contributed by atoms with Gasteiger partial charge in [0.05, 0.1) is 6.61 Å². The van der Waals surface area contributed by atoms with Crippen LogP contribution in [0.1, 0.15) is 53.6 Å². The van der Waals surface area contributed by atoms with Crippen LogP contribution in [0.15, 0.2) is 72.8 Å². The van der Waals surface area contributed by atoms with Crippen LogP contribution in [0.2, 0.25) is 0 Å². The average molecular weight is 496 g/mol. The molecule has 3 fully saturated rings. The third kappa shape index (κ3) is 5.37. The van der Waals surface area contributed by atoms with Crippen molar-refractivity contribution < 1.29 is 9.53 Å². The molecule has 0 radical (unpaired) electrons. The van der Waals surface area contributed by atoms with Crippen molar-refractivity contribution in [2.45, 2.75) is 51.1 Å². The number of amides is 1. The molecule has 2 aliphatic heterocycles. The van der Waals surface area contributed by atoms with Crippen molar-refractivity contribution in [3.63, 3.8) is 0 Å². The zero-order chi connectivity index (χ0) is 25.2. The third-order valence-corrected chi connectivity index (χ3v) is 8.41. The number of anilines is 2. The number of likely N-dealkylation sites (tertiary alicyclic amines) is 1. The molecule has 1 aliphatic carbocycles.